The second kappa shape index (κ2) is 8.82. The number of hydrogen-bond acceptors (Lipinski definition) is 2. The van der Waals surface area contributed by atoms with Gasteiger partial charge in [-0.15, -0.1) is 0 Å². The standard InChI is InChI=1S/C11H12O4.K.Na.2H/c1-2-11(9(12)13,10(14)15)8-6-4-3-5-7-8;;;;/h3-7H,2H2,1H3,(H,12,13)(H,14,15);;;;/q;2*+1;2*-1. The Kier molecular flexibility index (Phi) is 10.4. The van der Waals surface area contributed by atoms with Crippen molar-refractivity contribution in [2.24, 2.45) is 0 Å². The minimum Gasteiger partial charge on any atom is -1.00 e. The molecule has 0 saturated heterocycles. The summed E-state index contributed by atoms with van der Waals surface area (Å²) in [6.07, 6.45) is 0.0156. The zero-order chi connectivity index (χ0) is 11.5. The molecule has 0 amide bonds. The number of hydrogen-bond donors (Lipinski definition) is 2. The molecule has 1 rings (SSSR count). The summed E-state index contributed by atoms with van der Waals surface area (Å²) in [5.74, 6) is -2.66. The first-order valence-corrected chi connectivity index (χ1v) is 4.58. The van der Waals surface area contributed by atoms with Crippen molar-refractivity contribution in [3.63, 3.8) is 0 Å². The zero-order valence-electron chi connectivity index (χ0n) is 12.3. The van der Waals surface area contributed by atoms with Crippen LogP contribution in [0, 0.1) is 0 Å². The SMILES string of the molecule is CCC(C(=O)O)(C(=O)O)c1ccccc1.[H-].[H-].[K+].[Na+]. The number of aliphatic carboxylic acids is 2. The molecule has 0 bridgehead atoms. The smallest absolute Gasteiger partial charge is 1.00 e. The molecule has 0 atom stereocenters. The molecule has 0 fully saturated rings. The molecular weight excluding hydrogens is 258 g/mol. The van der Waals surface area contributed by atoms with Gasteiger partial charge in [0.1, 0.15) is 0 Å². The summed E-state index contributed by atoms with van der Waals surface area (Å²) in [7, 11) is 0. The van der Waals surface area contributed by atoms with Gasteiger partial charge >= 0.3 is 92.9 Å². The van der Waals surface area contributed by atoms with E-state index in [-0.39, 0.29) is 90.2 Å². The van der Waals surface area contributed by atoms with Crippen molar-refractivity contribution in [1.29, 1.82) is 0 Å². The van der Waals surface area contributed by atoms with Crippen LogP contribution in [0.3, 0.4) is 0 Å². The minimum atomic E-state index is -1.83. The van der Waals surface area contributed by atoms with Crippen LogP contribution in [0.1, 0.15) is 21.8 Å². The van der Waals surface area contributed by atoms with Crippen LogP contribution in [-0.2, 0) is 15.0 Å². The average Bonchev–Trinajstić information content (AvgIpc) is 2.20. The zero-order valence-corrected chi connectivity index (χ0v) is 15.4. The van der Waals surface area contributed by atoms with Crippen LogP contribution in [0.5, 0.6) is 0 Å². The number of rotatable bonds is 4. The van der Waals surface area contributed by atoms with Gasteiger partial charge in [-0.3, -0.25) is 9.59 Å². The maximum absolute atomic E-state index is 11.1. The molecule has 0 aliphatic carbocycles. The predicted molar refractivity (Wildman–Crippen MR) is 55.9 cm³/mol. The third-order valence-electron chi connectivity index (χ3n) is 2.53. The number of carboxylic acid groups (broad SMARTS) is 2. The monoisotopic (exact) mass is 272 g/mol. The average molecular weight is 272 g/mol. The van der Waals surface area contributed by atoms with Crippen molar-refractivity contribution < 1.29 is 104 Å². The van der Waals surface area contributed by atoms with E-state index in [2.05, 4.69) is 0 Å². The van der Waals surface area contributed by atoms with E-state index < -0.39 is 17.4 Å². The summed E-state index contributed by atoms with van der Waals surface area (Å²) < 4.78 is 0. The fraction of sp³-hybridized carbons (Fsp3) is 0.273. The Labute approximate surface area is 167 Å². The van der Waals surface area contributed by atoms with Gasteiger partial charge in [0.2, 0.25) is 0 Å². The molecule has 0 spiro atoms. The van der Waals surface area contributed by atoms with Gasteiger partial charge in [-0.1, -0.05) is 37.3 Å². The number of benzene rings is 1. The molecule has 84 valence electrons. The second-order valence-electron chi connectivity index (χ2n) is 3.24. The van der Waals surface area contributed by atoms with Crippen molar-refractivity contribution in [2.45, 2.75) is 18.8 Å². The van der Waals surface area contributed by atoms with E-state index in [0.717, 1.165) is 0 Å². The molecule has 4 nitrogen and oxygen atoms in total. The summed E-state index contributed by atoms with van der Waals surface area (Å²) in [5.41, 5.74) is -1.53. The van der Waals surface area contributed by atoms with Gasteiger partial charge in [0.15, 0.2) is 5.41 Å². The Bertz CT molecular complexity index is 376. The van der Waals surface area contributed by atoms with E-state index in [1.165, 1.54) is 12.1 Å². The molecule has 0 saturated carbocycles. The van der Waals surface area contributed by atoms with Crippen LogP contribution < -0.4 is 80.9 Å². The molecule has 0 radical (unpaired) electrons. The maximum atomic E-state index is 11.1. The van der Waals surface area contributed by atoms with E-state index in [4.69, 9.17) is 10.2 Å². The van der Waals surface area contributed by atoms with Crippen LogP contribution >= 0.6 is 0 Å². The van der Waals surface area contributed by atoms with Crippen molar-refractivity contribution in [1.82, 2.24) is 0 Å². The first kappa shape index (κ1) is 20.1. The van der Waals surface area contributed by atoms with Crippen LogP contribution in [0.15, 0.2) is 30.3 Å². The Morgan fingerprint density at radius 3 is 1.88 bits per heavy atom. The summed E-state index contributed by atoms with van der Waals surface area (Å²) in [4.78, 5) is 22.2. The van der Waals surface area contributed by atoms with Crippen LogP contribution in [0.25, 0.3) is 0 Å². The molecule has 2 N–H and O–H groups in total. The van der Waals surface area contributed by atoms with Gasteiger partial charge in [-0.05, 0) is 12.0 Å². The molecule has 0 aromatic heterocycles. The van der Waals surface area contributed by atoms with Gasteiger partial charge in [0.25, 0.3) is 0 Å². The van der Waals surface area contributed by atoms with Crippen molar-refractivity contribution >= 4 is 11.9 Å². The first-order valence-electron chi connectivity index (χ1n) is 4.58. The fourth-order valence-electron chi connectivity index (χ4n) is 1.57. The second-order valence-corrected chi connectivity index (χ2v) is 3.24. The summed E-state index contributed by atoms with van der Waals surface area (Å²) in [6.45, 7) is 1.55. The molecule has 17 heavy (non-hydrogen) atoms. The summed E-state index contributed by atoms with van der Waals surface area (Å²) >= 11 is 0. The van der Waals surface area contributed by atoms with Crippen molar-refractivity contribution in [3.8, 4) is 0 Å². The molecule has 1 aromatic rings. The Morgan fingerprint density at radius 1 is 1.18 bits per heavy atom. The van der Waals surface area contributed by atoms with Crippen molar-refractivity contribution in [2.75, 3.05) is 0 Å². The molecular formula is C11H14KNaO4. The van der Waals surface area contributed by atoms with Gasteiger partial charge in [0, 0.05) is 0 Å². The van der Waals surface area contributed by atoms with E-state index in [9.17, 15) is 9.59 Å². The third kappa shape index (κ3) is 4.14. The van der Waals surface area contributed by atoms with Crippen molar-refractivity contribution in [3.05, 3.63) is 35.9 Å². The van der Waals surface area contributed by atoms with E-state index in [1.807, 2.05) is 0 Å². The van der Waals surface area contributed by atoms with Gasteiger partial charge in [-0.25, -0.2) is 0 Å². The van der Waals surface area contributed by atoms with Gasteiger partial charge < -0.3 is 13.1 Å². The minimum absolute atomic E-state index is 0. The van der Waals surface area contributed by atoms with Gasteiger partial charge in [0.05, 0.1) is 0 Å². The van der Waals surface area contributed by atoms with Crippen LogP contribution in [0.4, 0.5) is 0 Å². The first-order chi connectivity index (χ1) is 7.05. The predicted octanol–water partition coefficient (Wildman–Crippen LogP) is -4.26. The fourth-order valence-corrected chi connectivity index (χ4v) is 1.57. The van der Waals surface area contributed by atoms with E-state index in [1.54, 1.807) is 25.1 Å². The number of carbonyl (C=O) groups is 2. The molecule has 0 aliphatic rings. The molecule has 6 heteroatoms. The Morgan fingerprint density at radius 2 is 1.59 bits per heavy atom. The number of carboxylic acids is 2. The maximum Gasteiger partial charge on any atom is 1.00 e. The normalized spacial score (nSPS) is 9.71. The van der Waals surface area contributed by atoms with Crippen LogP contribution in [-0.4, -0.2) is 22.2 Å². The molecule has 0 unspecified atom stereocenters. The molecule has 0 heterocycles. The molecule has 1 aromatic carbocycles. The largest absolute Gasteiger partial charge is 1.00 e. The summed E-state index contributed by atoms with van der Waals surface area (Å²) in [6, 6.07) is 8.02. The summed E-state index contributed by atoms with van der Waals surface area (Å²) in [5, 5.41) is 18.1. The van der Waals surface area contributed by atoms with Gasteiger partial charge in [-0.2, -0.15) is 0 Å². The van der Waals surface area contributed by atoms with E-state index in [0.29, 0.717) is 5.56 Å². The van der Waals surface area contributed by atoms with E-state index >= 15 is 0 Å². The Balaban J connectivity index is -0.000000281. The van der Waals surface area contributed by atoms with Crippen LogP contribution in [0.2, 0.25) is 0 Å². The topological polar surface area (TPSA) is 74.6 Å². The quantitative estimate of drug-likeness (QED) is 0.430. The third-order valence-corrected chi connectivity index (χ3v) is 2.53. The molecule has 0 aliphatic heterocycles. The Hall–Kier alpha value is 0.796.